The Morgan fingerprint density at radius 3 is 1.53 bits per heavy atom. The zero-order chi connectivity index (χ0) is 40.2. The van der Waals surface area contributed by atoms with Crippen LogP contribution in [0.1, 0.15) is 51.1 Å². The first kappa shape index (κ1) is 38.3. The largest absolute Gasteiger partial charge is 0.497 e. The van der Waals surface area contributed by atoms with E-state index < -0.39 is 0 Å². The molecule has 58 heavy (non-hydrogen) atoms. The maximum atomic E-state index is 13.8. The molecular formula is C45H45N5O8. The van der Waals surface area contributed by atoms with Crippen LogP contribution >= 0.6 is 0 Å². The van der Waals surface area contributed by atoms with Gasteiger partial charge >= 0.3 is 0 Å². The molecule has 2 amide bonds. The highest BCUT2D eigenvalue weighted by atomic mass is 16.5. The van der Waals surface area contributed by atoms with Crippen LogP contribution in [0.2, 0.25) is 0 Å². The molecular weight excluding hydrogens is 739 g/mol. The van der Waals surface area contributed by atoms with E-state index in [0.717, 1.165) is 40.3 Å². The molecule has 1 N–H and O–H groups in total. The van der Waals surface area contributed by atoms with Crippen molar-refractivity contribution in [1.82, 2.24) is 15.1 Å². The molecule has 0 saturated carbocycles. The SMILES string of the molecule is CNCCOc1ccc(C2=CN3C(=O)c4cc(OC)c(OCCCOc5cc6c(cc5OC)C(=O)N5C=C(c7ccc(OC)cc7)C[C@H]5C=N6)cc4N=C[C@@H]3C2)cc1. The lowest BCUT2D eigenvalue weighted by Crippen LogP contribution is -2.32. The average Bonchev–Trinajstić information content (AvgIpc) is 3.84. The normalized spacial score (nSPS) is 17.7. The summed E-state index contributed by atoms with van der Waals surface area (Å²) in [5.41, 5.74) is 6.06. The van der Waals surface area contributed by atoms with E-state index in [1.807, 2.05) is 80.4 Å². The third-order valence-corrected chi connectivity index (χ3v) is 10.5. The summed E-state index contributed by atoms with van der Waals surface area (Å²) in [6, 6.07) is 22.2. The van der Waals surface area contributed by atoms with Crippen LogP contribution < -0.4 is 33.7 Å². The van der Waals surface area contributed by atoms with Gasteiger partial charge in [0.1, 0.15) is 18.1 Å². The van der Waals surface area contributed by atoms with Crippen molar-refractivity contribution in [2.45, 2.75) is 31.3 Å². The number of amides is 2. The van der Waals surface area contributed by atoms with Crippen LogP contribution in [0.15, 0.2) is 95.2 Å². The lowest BCUT2D eigenvalue weighted by atomic mass is 10.0. The highest BCUT2D eigenvalue weighted by molar-refractivity contribution is 6.06. The van der Waals surface area contributed by atoms with Gasteiger partial charge in [0.25, 0.3) is 11.8 Å². The van der Waals surface area contributed by atoms with E-state index in [1.54, 1.807) is 55.4 Å². The second-order valence-corrected chi connectivity index (χ2v) is 14.1. The van der Waals surface area contributed by atoms with Gasteiger partial charge in [-0.3, -0.25) is 19.6 Å². The summed E-state index contributed by atoms with van der Waals surface area (Å²) in [6.07, 6.45) is 9.25. The third kappa shape index (κ3) is 7.72. The van der Waals surface area contributed by atoms with E-state index in [-0.39, 0.29) is 23.9 Å². The summed E-state index contributed by atoms with van der Waals surface area (Å²) >= 11 is 0. The van der Waals surface area contributed by atoms with E-state index in [0.29, 0.717) is 84.6 Å². The van der Waals surface area contributed by atoms with Gasteiger partial charge < -0.3 is 43.5 Å². The second kappa shape index (κ2) is 16.9. The van der Waals surface area contributed by atoms with Crippen LogP contribution in [0.3, 0.4) is 0 Å². The van der Waals surface area contributed by atoms with Gasteiger partial charge in [-0.1, -0.05) is 24.3 Å². The summed E-state index contributed by atoms with van der Waals surface area (Å²) in [7, 11) is 6.61. The summed E-state index contributed by atoms with van der Waals surface area (Å²) in [4.78, 5) is 40.5. The Kier molecular flexibility index (Phi) is 11.1. The number of fused-ring (bicyclic) bond motifs is 4. The van der Waals surface area contributed by atoms with Crippen molar-refractivity contribution in [3.8, 4) is 34.5 Å². The minimum absolute atomic E-state index is 0.158. The van der Waals surface area contributed by atoms with Gasteiger partial charge in [-0.25, -0.2) is 0 Å². The first-order valence-corrected chi connectivity index (χ1v) is 19.2. The van der Waals surface area contributed by atoms with Gasteiger partial charge in [0.2, 0.25) is 0 Å². The van der Waals surface area contributed by atoms with Crippen molar-refractivity contribution in [2.24, 2.45) is 9.98 Å². The number of nitrogens with one attached hydrogen (secondary N) is 1. The number of benzene rings is 4. The number of nitrogens with zero attached hydrogens (tertiary/aromatic N) is 4. The minimum atomic E-state index is -0.213. The number of likely N-dealkylation sites (N-methyl/N-ethyl adjacent to an activating group) is 1. The molecule has 13 heteroatoms. The molecule has 4 aliphatic rings. The highest BCUT2D eigenvalue weighted by Gasteiger charge is 2.35. The lowest BCUT2D eigenvalue weighted by molar-refractivity contribution is 0.0809. The number of aliphatic imine (C=N–C) groups is 2. The highest BCUT2D eigenvalue weighted by Crippen LogP contribution is 2.42. The van der Waals surface area contributed by atoms with Gasteiger partial charge in [-0.05, 0) is 65.7 Å². The van der Waals surface area contributed by atoms with Gasteiger partial charge in [0.15, 0.2) is 23.0 Å². The minimum Gasteiger partial charge on any atom is -0.497 e. The van der Waals surface area contributed by atoms with Gasteiger partial charge in [0, 0.05) is 62.8 Å². The topological polar surface area (TPSA) is 133 Å². The Balaban J connectivity index is 0.889. The van der Waals surface area contributed by atoms with Crippen LogP contribution in [-0.4, -0.2) is 101 Å². The van der Waals surface area contributed by atoms with E-state index in [9.17, 15) is 9.59 Å². The molecule has 4 aliphatic heterocycles. The molecule has 0 fully saturated rings. The standard InChI is InChI=1S/C45H45N5O8/c1-46-14-17-56-35-12-8-29(9-13-35)31-19-33-25-48-39-23-43(41(55-4)21-37(39)45(52)50(33)27-31)58-16-5-15-57-42-22-38-36(20-40(42)54-3)44(51)49-26-30(18-32(49)24-47-38)28-6-10-34(53-2)11-7-28/h6-13,20-27,32-33,46H,5,14-19H2,1-4H3/t32-,33-/m0/s1. The van der Waals surface area contributed by atoms with Crippen LogP contribution in [-0.2, 0) is 0 Å². The molecule has 2 atom stereocenters. The Morgan fingerprint density at radius 2 is 1.09 bits per heavy atom. The van der Waals surface area contributed by atoms with E-state index >= 15 is 0 Å². The number of methoxy groups -OCH3 is 3. The maximum absolute atomic E-state index is 13.8. The quantitative estimate of drug-likeness (QED) is 0.125. The predicted molar refractivity (Wildman–Crippen MR) is 222 cm³/mol. The number of ether oxygens (including phenoxy) is 6. The van der Waals surface area contributed by atoms with Crippen LogP contribution in [0.25, 0.3) is 11.1 Å². The van der Waals surface area contributed by atoms with Crippen LogP contribution in [0, 0.1) is 0 Å². The predicted octanol–water partition coefficient (Wildman–Crippen LogP) is 7.10. The zero-order valence-electron chi connectivity index (χ0n) is 32.9. The van der Waals surface area contributed by atoms with Crippen molar-refractivity contribution in [2.75, 3.05) is 54.7 Å². The molecule has 4 aromatic carbocycles. The third-order valence-electron chi connectivity index (χ3n) is 10.5. The fraction of sp³-hybridized carbons (Fsp3) is 0.289. The second-order valence-electron chi connectivity index (χ2n) is 14.1. The number of carbonyl (C=O) groups is 2. The van der Waals surface area contributed by atoms with Crippen molar-refractivity contribution in [3.63, 3.8) is 0 Å². The van der Waals surface area contributed by atoms with E-state index in [2.05, 4.69) is 5.32 Å². The van der Waals surface area contributed by atoms with Gasteiger partial charge in [-0.2, -0.15) is 0 Å². The fourth-order valence-electron chi connectivity index (χ4n) is 7.41. The first-order chi connectivity index (χ1) is 28.4. The molecule has 0 aliphatic carbocycles. The van der Waals surface area contributed by atoms with E-state index in [4.69, 9.17) is 38.4 Å². The molecule has 0 unspecified atom stereocenters. The monoisotopic (exact) mass is 783 g/mol. The van der Waals surface area contributed by atoms with Crippen molar-refractivity contribution in [3.05, 3.63) is 107 Å². The summed E-state index contributed by atoms with van der Waals surface area (Å²) in [5.74, 6) is 3.07. The van der Waals surface area contributed by atoms with Gasteiger partial charge in [0.05, 0.1) is 69.1 Å². The van der Waals surface area contributed by atoms with Crippen LogP contribution in [0.5, 0.6) is 34.5 Å². The van der Waals surface area contributed by atoms with Crippen molar-refractivity contribution >= 4 is 46.8 Å². The Hall–Kier alpha value is -6.60. The number of carbonyl (C=O) groups excluding carboxylic acids is 2. The van der Waals surface area contributed by atoms with Crippen LogP contribution in [0.4, 0.5) is 11.4 Å². The smallest absolute Gasteiger partial charge is 0.260 e. The molecule has 4 aromatic rings. The summed E-state index contributed by atoms with van der Waals surface area (Å²) in [6.45, 7) is 1.96. The fourth-order valence-corrected chi connectivity index (χ4v) is 7.41. The molecule has 13 nitrogen and oxygen atoms in total. The molecule has 0 spiro atoms. The molecule has 8 rings (SSSR count). The molecule has 0 aromatic heterocycles. The van der Waals surface area contributed by atoms with Gasteiger partial charge in [-0.15, -0.1) is 0 Å². The summed E-state index contributed by atoms with van der Waals surface area (Å²) in [5, 5.41) is 3.07. The zero-order valence-corrected chi connectivity index (χ0v) is 32.9. The number of hydrogen-bond donors (Lipinski definition) is 1. The number of hydrogen-bond acceptors (Lipinski definition) is 11. The van der Waals surface area contributed by atoms with Crippen molar-refractivity contribution in [1.29, 1.82) is 0 Å². The van der Waals surface area contributed by atoms with E-state index in [1.165, 1.54) is 0 Å². The summed E-state index contributed by atoms with van der Waals surface area (Å²) < 4.78 is 34.6. The molecule has 298 valence electrons. The first-order valence-electron chi connectivity index (χ1n) is 19.2. The molecule has 0 bridgehead atoms. The lowest BCUT2D eigenvalue weighted by Gasteiger charge is -2.19. The van der Waals surface area contributed by atoms with Crippen molar-refractivity contribution < 1.29 is 38.0 Å². The maximum Gasteiger partial charge on any atom is 0.260 e. The Bertz CT molecular complexity index is 2320. The molecule has 4 heterocycles. The molecule has 0 saturated heterocycles. The molecule has 0 radical (unpaired) electrons. The Morgan fingerprint density at radius 1 is 0.603 bits per heavy atom. The Labute approximate surface area is 337 Å². The number of rotatable bonds is 15. The average molecular weight is 784 g/mol.